The van der Waals surface area contributed by atoms with Crippen LogP contribution in [0.25, 0.3) is 0 Å². The number of carbonyl (C=O) groups excluding carboxylic acids is 2. The topological polar surface area (TPSA) is 81.4 Å². The van der Waals surface area contributed by atoms with Gasteiger partial charge in [0, 0.05) is 12.1 Å². The largest absolute Gasteiger partial charge is 0.469 e. The Kier molecular flexibility index (Phi) is 3.15. The van der Waals surface area contributed by atoms with Gasteiger partial charge in [-0.25, -0.2) is 0 Å². The Labute approximate surface area is 130 Å². The normalized spacial score (nSPS) is 47.2. The zero-order chi connectivity index (χ0) is 15.4. The van der Waals surface area contributed by atoms with E-state index < -0.39 is 0 Å². The smallest absolute Gasteiger partial charge is 0.311 e. The summed E-state index contributed by atoms with van der Waals surface area (Å²) < 4.78 is 4.93. The number of carbonyl (C=O) groups is 2. The van der Waals surface area contributed by atoms with E-state index in [1.807, 2.05) is 0 Å². The van der Waals surface area contributed by atoms with Gasteiger partial charge >= 0.3 is 5.97 Å². The zero-order valence-corrected chi connectivity index (χ0v) is 12.6. The summed E-state index contributed by atoms with van der Waals surface area (Å²) in [4.78, 5) is 24.8. The minimum atomic E-state index is -0.255. The number of fused-ring (bicyclic) bond motifs is 4. The molecule has 4 aliphatic carbocycles. The van der Waals surface area contributed by atoms with Crippen LogP contribution in [0.15, 0.2) is 24.3 Å². The summed E-state index contributed by atoms with van der Waals surface area (Å²) in [6.45, 7) is 0. The molecule has 0 aromatic carbocycles. The molecule has 4 aliphatic rings. The predicted octanol–water partition coefficient (Wildman–Crippen LogP) is 0.616. The lowest BCUT2D eigenvalue weighted by Crippen LogP contribution is -2.51. The average Bonchev–Trinajstić information content (AvgIpc) is 3.25. The minimum Gasteiger partial charge on any atom is -0.469 e. The lowest BCUT2D eigenvalue weighted by molar-refractivity contribution is -0.147. The van der Waals surface area contributed by atoms with Gasteiger partial charge in [-0.1, -0.05) is 24.3 Å². The summed E-state index contributed by atoms with van der Waals surface area (Å²) in [6.07, 6.45) is 10.4. The van der Waals surface area contributed by atoms with Crippen molar-refractivity contribution in [3.63, 3.8) is 0 Å². The SMILES string of the molecule is COC(=O)[C@H]1[C@@H](NC(=O)[C@@H]2[C@H](N)[C@H]3C=C[C@@H]2C3)[C@@H]2C=C[C@H]1C2. The van der Waals surface area contributed by atoms with Crippen LogP contribution in [0.2, 0.25) is 0 Å². The van der Waals surface area contributed by atoms with Gasteiger partial charge in [0.25, 0.3) is 0 Å². The van der Waals surface area contributed by atoms with Crippen LogP contribution in [0, 0.1) is 35.5 Å². The second kappa shape index (κ2) is 4.95. The maximum absolute atomic E-state index is 12.7. The van der Waals surface area contributed by atoms with Crippen molar-refractivity contribution in [2.75, 3.05) is 7.11 Å². The van der Waals surface area contributed by atoms with Crippen LogP contribution in [0.1, 0.15) is 12.8 Å². The second-order valence-electron chi connectivity index (χ2n) is 7.08. The zero-order valence-electron chi connectivity index (χ0n) is 12.6. The van der Waals surface area contributed by atoms with Crippen LogP contribution in [0.5, 0.6) is 0 Å². The third kappa shape index (κ3) is 1.88. The van der Waals surface area contributed by atoms with Gasteiger partial charge in [0.2, 0.25) is 5.91 Å². The maximum Gasteiger partial charge on any atom is 0.311 e. The first-order valence-corrected chi connectivity index (χ1v) is 8.10. The molecule has 5 nitrogen and oxygen atoms in total. The van der Waals surface area contributed by atoms with Crippen molar-refractivity contribution in [3.8, 4) is 0 Å². The maximum atomic E-state index is 12.7. The minimum absolute atomic E-state index is 0.00389. The molecule has 5 heteroatoms. The molecule has 4 rings (SSSR count). The van der Waals surface area contributed by atoms with Crippen LogP contribution in [0.3, 0.4) is 0 Å². The molecule has 0 aliphatic heterocycles. The number of allylic oxidation sites excluding steroid dienone is 2. The lowest BCUT2D eigenvalue weighted by atomic mass is 9.85. The molecule has 0 spiro atoms. The Bertz CT molecular complexity index is 570. The first kappa shape index (κ1) is 14.0. The predicted molar refractivity (Wildman–Crippen MR) is 80.4 cm³/mol. The fraction of sp³-hybridized carbons (Fsp3) is 0.647. The van der Waals surface area contributed by atoms with E-state index in [2.05, 4.69) is 29.6 Å². The molecule has 0 aromatic rings. The molecule has 8 atom stereocenters. The highest BCUT2D eigenvalue weighted by molar-refractivity contribution is 5.83. The molecule has 0 saturated heterocycles. The van der Waals surface area contributed by atoms with Gasteiger partial charge in [-0.05, 0) is 36.5 Å². The van der Waals surface area contributed by atoms with Gasteiger partial charge in [0.1, 0.15) is 0 Å². The monoisotopic (exact) mass is 302 g/mol. The van der Waals surface area contributed by atoms with Crippen molar-refractivity contribution < 1.29 is 14.3 Å². The number of nitrogens with one attached hydrogen (secondary N) is 1. The molecule has 4 bridgehead atoms. The molecular weight excluding hydrogens is 280 g/mol. The number of methoxy groups -OCH3 is 1. The number of rotatable bonds is 3. The van der Waals surface area contributed by atoms with Gasteiger partial charge in [-0.3, -0.25) is 9.59 Å². The number of amides is 1. The number of ether oxygens (including phenoxy) is 1. The fourth-order valence-corrected chi connectivity index (χ4v) is 4.97. The van der Waals surface area contributed by atoms with Gasteiger partial charge in [-0.2, -0.15) is 0 Å². The lowest BCUT2D eigenvalue weighted by Gasteiger charge is -2.30. The highest BCUT2D eigenvalue weighted by atomic mass is 16.5. The van der Waals surface area contributed by atoms with Crippen molar-refractivity contribution in [2.24, 2.45) is 41.2 Å². The van der Waals surface area contributed by atoms with Crippen LogP contribution >= 0.6 is 0 Å². The van der Waals surface area contributed by atoms with Crippen LogP contribution in [-0.2, 0) is 14.3 Å². The average molecular weight is 302 g/mol. The van der Waals surface area contributed by atoms with Crippen LogP contribution in [0.4, 0.5) is 0 Å². The Morgan fingerprint density at radius 2 is 1.59 bits per heavy atom. The highest BCUT2D eigenvalue weighted by Gasteiger charge is 2.52. The molecule has 3 N–H and O–H groups in total. The number of nitrogens with two attached hydrogens (primary N) is 1. The standard InChI is InChI=1S/C17H22N2O3/c1-22-17(21)13-9-3-5-11(7-9)15(13)19-16(20)12-8-2-4-10(6-8)14(12)18/h2-5,8-15H,6-7,18H2,1H3,(H,19,20)/t8-,9+,10+,11-,12+,13-,14-,15+/m1/s1. The van der Waals surface area contributed by atoms with Crippen LogP contribution < -0.4 is 11.1 Å². The van der Waals surface area contributed by atoms with Crippen molar-refractivity contribution in [2.45, 2.75) is 24.9 Å². The molecule has 0 unspecified atom stereocenters. The Morgan fingerprint density at radius 1 is 1.00 bits per heavy atom. The molecule has 1 amide bonds. The molecule has 2 saturated carbocycles. The van der Waals surface area contributed by atoms with Crippen molar-refractivity contribution >= 4 is 11.9 Å². The highest BCUT2D eigenvalue weighted by Crippen LogP contribution is 2.46. The Balaban J connectivity index is 1.51. The fourth-order valence-electron chi connectivity index (χ4n) is 4.97. The van der Waals surface area contributed by atoms with Gasteiger partial charge < -0.3 is 15.8 Å². The summed E-state index contributed by atoms with van der Waals surface area (Å²) in [6, 6.07) is -0.244. The third-order valence-corrected chi connectivity index (χ3v) is 6.06. The first-order valence-electron chi connectivity index (χ1n) is 8.10. The Hall–Kier alpha value is -1.62. The van der Waals surface area contributed by atoms with E-state index >= 15 is 0 Å². The van der Waals surface area contributed by atoms with E-state index in [0.717, 1.165) is 12.8 Å². The second-order valence-corrected chi connectivity index (χ2v) is 7.08. The molecule has 0 aromatic heterocycles. The summed E-state index contributed by atoms with van der Waals surface area (Å²) in [7, 11) is 1.41. The quantitative estimate of drug-likeness (QED) is 0.591. The third-order valence-electron chi connectivity index (χ3n) is 6.06. The summed E-state index contributed by atoms with van der Waals surface area (Å²) in [5.74, 6) is 0.386. The van der Waals surface area contributed by atoms with E-state index in [1.165, 1.54) is 7.11 Å². The van der Waals surface area contributed by atoms with Gasteiger partial charge in [-0.15, -0.1) is 0 Å². The van der Waals surface area contributed by atoms with Gasteiger partial charge in [0.05, 0.1) is 18.9 Å². The molecule has 0 radical (unpaired) electrons. The van der Waals surface area contributed by atoms with E-state index in [9.17, 15) is 9.59 Å². The van der Waals surface area contributed by atoms with Crippen molar-refractivity contribution in [1.82, 2.24) is 5.32 Å². The molecular formula is C17H22N2O3. The van der Waals surface area contributed by atoms with Crippen LogP contribution in [-0.4, -0.2) is 31.1 Å². The van der Waals surface area contributed by atoms with E-state index in [1.54, 1.807) is 0 Å². The number of hydrogen-bond donors (Lipinski definition) is 2. The number of esters is 1. The first-order chi connectivity index (χ1) is 10.6. The molecule has 118 valence electrons. The Morgan fingerprint density at radius 3 is 2.23 bits per heavy atom. The van der Waals surface area contributed by atoms with Crippen molar-refractivity contribution in [1.29, 1.82) is 0 Å². The summed E-state index contributed by atoms with van der Waals surface area (Å²) in [5.41, 5.74) is 6.22. The van der Waals surface area contributed by atoms with Gasteiger partial charge in [0.15, 0.2) is 0 Å². The molecule has 22 heavy (non-hydrogen) atoms. The number of hydrogen-bond acceptors (Lipinski definition) is 4. The van der Waals surface area contributed by atoms with E-state index in [0.29, 0.717) is 5.92 Å². The molecule has 0 heterocycles. The summed E-state index contributed by atoms with van der Waals surface area (Å²) >= 11 is 0. The van der Waals surface area contributed by atoms with E-state index in [-0.39, 0.29) is 53.5 Å². The molecule has 2 fully saturated rings. The summed E-state index contributed by atoms with van der Waals surface area (Å²) in [5, 5.41) is 3.13. The van der Waals surface area contributed by atoms with E-state index in [4.69, 9.17) is 10.5 Å². The van der Waals surface area contributed by atoms with Crippen molar-refractivity contribution in [3.05, 3.63) is 24.3 Å².